The van der Waals surface area contributed by atoms with Crippen LogP contribution in [0.15, 0.2) is 48.5 Å². The summed E-state index contributed by atoms with van der Waals surface area (Å²) in [6.45, 7) is 7.65. The number of aryl methyl sites for hydroxylation is 1. The summed E-state index contributed by atoms with van der Waals surface area (Å²) in [6.07, 6.45) is 2.15. The van der Waals surface area contributed by atoms with Gasteiger partial charge in [0.2, 0.25) is 0 Å². The van der Waals surface area contributed by atoms with Gasteiger partial charge >= 0.3 is 0 Å². The Balaban J connectivity index is 0.000000948. The normalized spacial score (nSPS) is 16.9. The Labute approximate surface area is 159 Å². The maximum absolute atomic E-state index is 12.8. The fourth-order valence-electron chi connectivity index (χ4n) is 3.31. The van der Waals surface area contributed by atoms with Crippen molar-refractivity contribution in [3.8, 4) is 0 Å². The van der Waals surface area contributed by atoms with Gasteiger partial charge in [-0.1, -0.05) is 43.7 Å². The molecule has 2 heterocycles. The quantitative estimate of drug-likeness (QED) is 0.587. The lowest BCUT2D eigenvalue weighted by Crippen LogP contribution is -2.39. The Bertz CT molecular complexity index is 836. The van der Waals surface area contributed by atoms with Crippen molar-refractivity contribution in [3.05, 3.63) is 64.7 Å². The minimum atomic E-state index is 0.140. The fraction of sp³-hybridized carbons (Fsp3) is 0.364. The standard InChI is InChI=1S/C20H20N2OS.C2H6/c1-14-8-10-15(11-9-14)20(23)22-12-4-5-16(13-22)19-21-17-6-2-3-7-18(17)24-19;1-2/h2-3,6-11,16H,4-5,12-13H2,1H3;1-2H3. The number of carbonyl (C=O) groups is 1. The third-order valence-electron chi connectivity index (χ3n) is 4.67. The summed E-state index contributed by atoms with van der Waals surface area (Å²) in [6, 6.07) is 16.1. The van der Waals surface area contributed by atoms with Gasteiger partial charge in [-0.15, -0.1) is 11.3 Å². The van der Waals surface area contributed by atoms with Crippen molar-refractivity contribution in [3.63, 3.8) is 0 Å². The lowest BCUT2D eigenvalue weighted by molar-refractivity contribution is 0.0707. The number of thiazole rings is 1. The third kappa shape index (κ3) is 3.96. The highest BCUT2D eigenvalue weighted by atomic mass is 32.1. The molecule has 1 fully saturated rings. The van der Waals surface area contributed by atoms with Gasteiger partial charge in [-0.3, -0.25) is 4.79 Å². The lowest BCUT2D eigenvalue weighted by Gasteiger charge is -2.32. The third-order valence-corrected chi connectivity index (χ3v) is 5.87. The van der Waals surface area contributed by atoms with E-state index in [0.717, 1.165) is 42.0 Å². The van der Waals surface area contributed by atoms with Crippen molar-refractivity contribution in [2.75, 3.05) is 13.1 Å². The van der Waals surface area contributed by atoms with Gasteiger partial charge in [-0.2, -0.15) is 0 Å². The number of hydrogen-bond donors (Lipinski definition) is 0. The van der Waals surface area contributed by atoms with Crippen molar-refractivity contribution in [2.24, 2.45) is 0 Å². The predicted octanol–water partition coefficient (Wildman–Crippen LogP) is 5.65. The van der Waals surface area contributed by atoms with Gasteiger partial charge in [-0.05, 0) is 44.0 Å². The minimum Gasteiger partial charge on any atom is -0.338 e. The fourth-order valence-corrected chi connectivity index (χ4v) is 4.40. The van der Waals surface area contributed by atoms with Crippen LogP contribution in [0.3, 0.4) is 0 Å². The number of hydrogen-bond acceptors (Lipinski definition) is 3. The zero-order chi connectivity index (χ0) is 18.5. The molecule has 0 bridgehead atoms. The van der Waals surface area contributed by atoms with Crippen molar-refractivity contribution < 1.29 is 4.79 Å². The number of fused-ring (bicyclic) bond motifs is 1. The summed E-state index contributed by atoms with van der Waals surface area (Å²) >= 11 is 1.77. The second kappa shape index (κ2) is 8.45. The summed E-state index contributed by atoms with van der Waals surface area (Å²) in [5.74, 6) is 0.492. The number of piperidine rings is 1. The van der Waals surface area contributed by atoms with Crippen LogP contribution in [0.4, 0.5) is 0 Å². The Kier molecular flexibility index (Phi) is 6.04. The van der Waals surface area contributed by atoms with E-state index < -0.39 is 0 Å². The molecule has 3 nitrogen and oxygen atoms in total. The number of nitrogens with zero attached hydrogens (tertiary/aromatic N) is 2. The maximum atomic E-state index is 12.8. The van der Waals surface area contributed by atoms with Gasteiger partial charge in [0.05, 0.1) is 15.2 Å². The van der Waals surface area contributed by atoms with E-state index in [1.54, 1.807) is 11.3 Å². The molecule has 0 spiro atoms. The van der Waals surface area contributed by atoms with Crippen molar-refractivity contribution in [1.82, 2.24) is 9.88 Å². The van der Waals surface area contributed by atoms with E-state index in [0.29, 0.717) is 5.92 Å². The molecule has 1 saturated heterocycles. The zero-order valence-corrected chi connectivity index (χ0v) is 16.6. The molecule has 1 atom stereocenters. The molecule has 4 rings (SSSR count). The number of para-hydroxylation sites is 1. The van der Waals surface area contributed by atoms with Gasteiger partial charge < -0.3 is 4.90 Å². The van der Waals surface area contributed by atoms with Crippen LogP contribution in [-0.2, 0) is 0 Å². The maximum Gasteiger partial charge on any atom is 0.253 e. The SMILES string of the molecule is CC.Cc1ccc(C(=O)N2CCCC(c3nc4ccccc4s3)C2)cc1. The van der Waals surface area contributed by atoms with Gasteiger partial charge in [-0.25, -0.2) is 4.98 Å². The van der Waals surface area contributed by atoms with Crippen LogP contribution < -0.4 is 0 Å². The number of amides is 1. The molecule has 1 aliphatic rings. The van der Waals surface area contributed by atoms with E-state index in [1.807, 2.05) is 56.0 Å². The Morgan fingerprint density at radius 1 is 1.12 bits per heavy atom. The summed E-state index contributed by atoms with van der Waals surface area (Å²) in [5, 5.41) is 1.16. The Morgan fingerprint density at radius 3 is 2.58 bits per heavy atom. The molecule has 1 aromatic heterocycles. The molecule has 0 radical (unpaired) electrons. The number of carbonyl (C=O) groups excluding carboxylic acids is 1. The Morgan fingerprint density at radius 2 is 1.85 bits per heavy atom. The zero-order valence-electron chi connectivity index (χ0n) is 15.7. The summed E-state index contributed by atoms with van der Waals surface area (Å²) in [4.78, 5) is 19.6. The monoisotopic (exact) mass is 366 g/mol. The molecule has 0 saturated carbocycles. The van der Waals surface area contributed by atoms with Crippen LogP contribution in [-0.4, -0.2) is 28.9 Å². The average Bonchev–Trinajstić information content (AvgIpc) is 3.14. The van der Waals surface area contributed by atoms with Crippen LogP contribution in [0.1, 0.15) is 53.5 Å². The van der Waals surface area contributed by atoms with Crippen LogP contribution in [0.2, 0.25) is 0 Å². The van der Waals surface area contributed by atoms with E-state index in [1.165, 1.54) is 10.3 Å². The van der Waals surface area contributed by atoms with Gasteiger partial charge in [0, 0.05) is 24.6 Å². The lowest BCUT2D eigenvalue weighted by atomic mass is 9.98. The first-order valence-electron chi connectivity index (χ1n) is 9.42. The number of likely N-dealkylation sites (tertiary alicyclic amines) is 1. The first-order chi connectivity index (χ1) is 12.7. The molecular weight excluding hydrogens is 340 g/mol. The molecule has 0 aliphatic carbocycles. The Hall–Kier alpha value is -2.20. The van der Waals surface area contributed by atoms with E-state index >= 15 is 0 Å². The second-order valence-corrected chi connectivity index (χ2v) is 7.54. The molecule has 136 valence electrons. The second-order valence-electron chi connectivity index (χ2n) is 6.48. The van der Waals surface area contributed by atoms with E-state index in [-0.39, 0.29) is 5.91 Å². The van der Waals surface area contributed by atoms with Crippen molar-refractivity contribution in [2.45, 2.75) is 39.5 Å². The van der Waals surface area contributed by atoms with Crippen LogP contribution in [0, 0.1) is 6.92 Å². The first-order valence-corrected chi connectivity index (χ1v) is 10.2. The molecule has 1 aliphatic heterocycles. The van der Waals surface area contributed by atoms with Crippen LogP contribution in [0.25, 0.3) is 10.2 Å². The average molecular weight is 367 g/mol. The van der Waals surface area contributed by atoms with Gasteiger partial charge in [0.25, 0.3) is 5.91 Å². The highest BCUT2D eigenvalue weighted by Crippen LogP contribution is 2.33. The van der Waals surface area contributed by atoms with Gasteiger partial charge in [0.15, 0.2) is 0 Å². The highest BCUT2D eigenvalue weighted by molar-refractivity contribution is 7.18. The molecular formula is C22H26N2OS. The minimum absolute atomic E-state index is 0.140. The largest absolute Gasteiger partial charge is 0.338 e. The molecule has 1 unspecified atom stereocenters. The first kappa shape index (κ1) is 18.6. The molecule has 4 heteroatoms. The number of benzene rings is 2. The predicted molar refractivity (Wildman–Crippen MR) is 110 cm³/mol. The number of rotatable bonds is 2. The molecule has 1 amide bonds. The van der Waals surface area contributed by atoms with Crippen molar-refractivity contribution >= 4 is 27.5 Å². The van der Waals surface area contributed by atoms with Gasteiger partial charge in [0.1, 0.15) is 0 Å². The topological polar surface area (TPSA) is 33.2 Å². The molecule has 3 aromatic rings. The van der Waals surface area contributed by atoms with E-state index in [4.69, 9.17) is 4.98 Å². The van der Waals surface area contributed by atoms with Crippen LogP contribution >= 0.6 is 11.3 Å². The van der Waals surface area contributed by atoms with Crippen LogP contribution in [0.5, 0.6) is 0 Å². The van der Waals surface area contributed by atoms with Crippen molar-refractivity contribution in [1.29, 1.82) is 0 Å². The van der Waals surface area contributed by atoms with E-state index in [2.05, 4.69) is 18.2 Å². The summed E-state index contributed by atoms with van der Waals surface area (Å²) < 4.78 is 1.23. The number of aromatic nitrogens is 1. The van der Waals surface area contributed by atoms with E-state index in [9.17, 15) is 4.79 Å². The molecule has 2 aromatic carbocycles. The highest BCUT2D eigenvalue weighted by Gasteiger charge is 2.27. The molecule has 0 N–H and O–H groups in total. The molecule has 26 heavy (non-hydrogen) atoms. The smallest absolute Gasteiger partial charge is 0.253 e. The summed E-state index contributed by atoms with van der Waals surface area (Å²) in [7, 11) is 0. The summed E-state index contributed by atoms with van der Waals surface area (Å²) in [5.41, 5.74) is 3.03.